The summed E-state index contributed by atoms with van der Waals surface area (Å²) in [6.07, 6.45) is 0. The molecule has 0 radical (unpaired) electrons. The largest absolute Gasteiger partial charge is 0.465 e. The van der Waals surface area contributed by atoms with Crippen LogP contribution in [-0.2, 0) is 19.1 Å². The number of thiophene rings is 1. The standard InChI is InChI=1S/C16H23N3O6S/c1-9-12(15(22)24-5)14(26-13(9)16(23)25-6)17-10(20)7-19(4)8-11(21)18(2)3/h7-8H2,1-6H3,(H,17,20). The van der Waals surface area contributed by atoms with E-state index in [1.807, 2.05) is 0 Å². The second kappa shape index (κ2) is 9.30. The first-order valence-electron chi connectivity index (χ1n) is 7.60. The van der Waals surface area contributed by atoms with E-state index in [-0.39, 0.29) is 34.4 Å². The van der Waals surface area contributed by atoms with Crippen molar-refractivity contribution in [3.8, 4) is 0 Å². The van der Waals surface area contributed by atoms with Crippen LogP contribution in [0.3, 0.4) is 0 Å². The average Bonchev–Trinajstić information content (AvgIpc) is 2.88. The van der Waals surface area contributed by atoms with Crippen molar-refractivity contribution in [2.24, 2.45) is 0 Å². The molecule has 1 N–H and O–H groups in total. The first kappa shape index (κ1) is 21.6. The molecule has 0 unspecified atom stereocenters. The summed E-state index contributed by atoms with van der Waals surface area (Å²) in [5.41, 5.74) is 0.485. The Morgan fingerprint density at radius 1 is 1.00 bits per heavy atom. The number of hydrogen-bond donors (Lipinski definition) is 1. The van der Waals surface area contributed by atoms with E-state index in [0.717, 1.165) is 11.3 Å². The van der Waals surface area contributed by atoms with E-state index in [2.05, 4.69) is 5.32 Å². The summed E-state index contributed by atoms with van der Waals surface area (Å²) in [5.74, 6) is -1.84. The van der Waals surface area contributed by atoms with Crippen LogP contribution in [0.1, 0.15) is 25.6 Å². The normalized spacial score (nSPS) is 10.4. The molecule has 0 fully saturated rings. The summed E-state index contributed by atoms with van der Waals surface area (Å²) in [5, 5.41) is 2.80. The highest BCUT2D eigenvalue weighted by Crippen LogP contribution is 2.34. The van der Waals surface area contributed by atoms with Crippen LogP contribution in [0.5, 0.6) is 0 Å². The van der Waals surface area contributed by atoms with Gasteiger partial charge in [0.2, 0.25) is 11.8 Å². The molecule has 0 aliphatic rings. The fraction of sp³-hybridized carbons (Fsp3) is 0.500. The van der Waals surface area contributed by atoms with E-state index in [1.165, 1.54) is 24.0 Å². The molecule has 1 rings (SSSR count). The van der Waals surface area contributed by atoms with Crippen LogP contribution in [0, 0.1) is 6.92 Å². The number of likely N-dealkylation sites (N-methyl/N-ethyl adjacent to an activating group) is 2. The Labute approximate surface area is 155 Å². The maximum Gasteiger partial charge on any atom is 0.348 e. The number of nitrogens with zero attached hydrogens (tertiary/aromatic N) is 2. The van der Waals surface area contributed by atoms with Crippen LogP contribution < -0.4 is 5.32 Å². The molecule has 0 atom stereocenters. The van der Waals surface area contributed by atoms with Crippen molar-refractivity contribution in [1.82, 2.24) is 9.80 Å². The molecule has 0 bridgehead atoms. The first-order chi connectivity index (χ1) is 12.1. The molecule has 1 heterocycles. The van der Waals surface area contributed by atoms with E-state index in [0.29, 0.717) is 5.56 Å². The number of esters is 2. The molecular weight excluding hydrogens is 362 g/mol. The van der Waals surface area contributed by atoms with Gasteiger partial charge in [-0.2, -0.15) is 0 Å². The second-order valence-corrected chi connectivity index (χ2v) is 6.77. The maximum absolute atomic E-state index is 12.3. The Bertz CT molecular complexity index is 713. The van der Waals surface area contributed by atoms with Crippen molar-refractivity contribution in [1.29, 1.82) is 0 Å². The molecule has 0 spiro atoms. The lowest BCUT2D eigenvalue weighted by Crippen LogP contribution is -2.38. The fourth-order valence-corrected chi connectivity index (χ4v) is 3.21. The zero-order chi connectivity index (χ0) is 20.0. The lowest BCUT2D eigenvalue weighted by atomic mass is 10.1. The van der Waals surface area contributed by atoms with Gasteiger partial charge in [0.15, 0.2) is 0 Å². The summed E-state index contributed by atoms with van der Waals surface area (Å²) in [6.45, 7) is 1.58. The summed E-state index contributed by atoms with van der Waals surface area (Å²) >= 11 is 0.936. The van der Waals surface area contributed by atoms with Gasteiger partial charge in [-0.3, -0.25) is 14.5 Å². The Kier molecular flexibility index (Phi) is 7.72. The third-order valence-electron chi connectivity index (χ3n) is 3.48. The van der Waals surface area contributed by atoms with Crippen molar-refractivity contribution in [2.45, 2.75) is 6.92 Å². The smallest absolute Gasteiger partial charge is 0.348 e. The van der Waals surface area contributed by atoms with Gasteiger partial charge in [-0.15, -0.1) is 11.3 Å². The van der Waals surface area contributed by atoms with E-state index in [1.54, 1.807) is 28.1 Å². The number of amides is 2. The van der Waals surface area contributed by atoms with E-state index >= 15 is 0 Å². The highest BCUT2D eigenvalue weighted by atomic mass is 32.1. The van der Waals surface area contributed by atoms with Crippen LogP contribution in [0.2, 0.25) is 0 Å². The molecule has 1 aromatic rings. The van der Waals surface area contributed by atoms with Gasteiger partial charge in [-0.05, 0) is 19.5 Å². The van der Waals surface area contributed by atoms with Gasteiger partial charge in [0.1, 0.15) is 9.88 Å². The van der Waals surface area contributed by atoms with E-state index < -0.39 is 17.8 Å². The van der Waals surface area contributed by atoms with Gasteiger partial charge in [0.05, 0.1) is 32.9 Å². The topological polar surface area (TPSA) is 105 Å². The molecule has 10 heteroatoms. The minimum Gasteiger partial charge on any atom is -0.465 e. The Morgan fingerprint density at radius 3 is 2.08 bits per heavy atom. The van der Waals surface area contributed by atoms with Gasteiger partial charge < -0.3 is 19.7 Å². The molecule has 0 aliphatic carbocycles. The SMILES string of the molecule is COC(=O)c1sc(NC(=O)CN(C)CC(=O)N(C)C)c(C(=O)OC)c1C. The van der Waals surface area contributed by atoms with Gasteiger partial charge in [-0.25, -0.2) is 9.59 Å². The molecule has 1 aromatic heterocycles. The zero-order valence-electron chi connectivity index (χ0n) is 15.7. The summed E-state index contributed by atoms with van der Waals surface area (Å²) in [4.78, 5) is 51.0. The van der Waals surface area contributed by atoms with Crippen molar-refractivity contribution in [2.75, 3.05) is 53.8 Å². The second-order valence-electron chi connectivity index (χ2n) is 5.75. The van der Waals surface area contributed by atoms with Crippen molar-refractivity contribution in [3.05, 3.63) is 16.0 Å². The minimum absolute atomic E-state index is 0.0648. The summed E-state index contributed by atoms with van der Waals surface area (Å²) < 4.78 is 9.42. The maximum atomic E-state index is 12.3. The van der Waals surface area contributed by atoms with Gasteiger partial charge in [-0.1, -0.05) is 0 Å². The van der Waals surface area contributed by atoms with Crippen LogP contribution in [0.4, 0.5) is 5.00 Å². The molecule has 0 saturated heterocycles. The number of rotatable bonds is 7. The van der Waals surface area contributed by atoms with Crippen molar-refractivity contribution >= 4 is 40.1 Å². The van der Waals surface area contributed by atoms with Crippen molar-refractivity contribution < 1.29 is 28.7 Å². The molecule has 0 saturated carbocycles. The Hall–Kier alpha value is -2.46. The van der Waals surface area contributed by atoms with Gasteiger partial charge in [0.25, 0.3) is 0 Å². The molecule has 0 aliphatic heterocycles. The number of nitrogens with one attached hydrogen (secondary N) is 1. The lowest BCUT2D eigenvalue weighted by Gasteiger charge is -2.18. The predicted molar refractivity (Wildman–Crippen MR) is 96.6 cm³/mol. The Morgan fingerprint density at radius 2 is 1.58 bits per heavy atom. The fourth-order valence-electron chi connectivity index (χ4n) is 2.08. The molecule has 144 valence electrons. The predicted octanol–water partition coefficient (Wildman–Crippen LogP) is 0.588. The molecule has 9 nitrogen and oxygen atoms in total. The lowest BCUT2D eigenvalue weighted by molar-refractivity contribution is -0.130. The zero-order valence-corrected chi connectivity index (χ0v) is 16.5. The van der Waals surface area contributed by atoms with Crippen molar-refractivity contribution in [3.63, 3.8) is 0 Å². The highest BCUT2D eigenvalue weighted by Gasteiger charge is 2.27. The number of anilines is 1. The Balaban J connectivity index is 2.97. The number of ether oxygens (including phenoxy) is 2. The molecule has 26 heavy (non-hydrogen) atoms. The third-order valence-corrected chi connectivity index (χ3v) is 4.66. The van der Waals surface area contributed by atoms with Crippen LogP contribution in [0.25, 0.3) is 0 Å². The monoisotopic (exact) mass is 385 g/mol. The average molecular weight is 385 g/mol. The van der Waals surface area contributed by atoms with E-state index in [9.17, 15) is 19.2 Å². The highest BCUT2D eigenvalue weighted by molar-refractivity contribution is 7.18. The van der Waals surface area contributed by atoms with Gasteiger partial charge in [0, 0.05) is 14.1 Å². The minimum atomic E-state index is -0.666. The number of carbonyl (C=O) groups excluding carboxylic acids is 4. The number of methoxy groups -OCH3 is 2. The van der Waals surface area contributed by atoms with Crippen LogP contribution in [-0.4, -0.2) is 82.0 Å². The number of carbonyl (C=O) groups is 4. The summed E-state index contributed by atoms with van der Waals surface area (Å²) in [7, 11) is 7.32. The quantitative estimate of drug-likeness (QED) is 0.685. The molecule has 0 aromatic carbocycles. The summed E-state index contributed by atoms with van der Waals surface area (Å²) in [6, 6.07) is 0. The van der Waals surface area contributed by atoms with Gasteiger partial charge >= 0.3 is 11.9 Å². The molecular formula is C16H23N3O6S. The van der Waals surface area contributed by atoms with Crippen LogP contribution in [0.15, 0.2) is 0 Å². The van der Waals surface area contributed by atoms with E-state index in [4.69, 9.17) is 9.47 Å². The number of hydrogen-bond acceptors (Lipinski definition) is 8. The first-order valence-corrected chi connectivity index (χ1v) is 8.42. The third kappa shape index (κ3) is 5.27. The molecule has 2 amide bonds. The van der Waals surface area contributed by atoms with Crippen LogP contribution >= 0.6 is 11.3 Å².